The van der Waals surface area contributed by atoms with Gasteiger partial charge in [-0.25, -0.2) is 4.79 Å². The number of amides is 2. The van der Waals surface area contributed by atoms with Crippen LogP contribution in [0.25, 0.3) is 11.1 Å². The number of carbonyl (C=O) groups is 2. The topological polar surface area (TPSA) is 79.0 Å². The van der Waals surface area contributed by atoms with Crippen LogP contribution >= 0.6 is 0 Å². The fourth-order valence-electron chi connectivity index (χ4n) is 4.18. The smallest absolute Gasteiger partial charge is 0.408 e. The first-order valence-electron chi connectivity index (χ1n) is 10.5. The predicted molar refractivity (Wildman–Crippen MR) is 109 cm³/mol. The number of benzene rings is 1. The zero-order chi connectivity index (χ0) is 20.2. The van der Waals surface area contributed by atoms with E-state index in [1.165, 1.54) is 11.0 Å². The molecule has 0 unspecified atom stereocenters. The molecule has 2 amide bonds. The number of rotatable bonds is 5. The largest absolute Gasteiger partial charge is 0.419 e. The van der Waals surface area contributed by atoms with Gasteiger partial charge >= 0.3 is 5.76 Å². The molecule has 8 nitrogen and oxygen atoms in total. The van der Waals surface area contributed by atoms with Gasteiger partial charge in [0.2, 0.25) is 11.8 Å². The lowest BCUT2D eigenvalue weighted by atomic mass is 10.1. The number of hydrogen-bond donors (Lipinski definition) is 0. The molecular formula is C21H28N4O4. The summed E-state index contributed by atoms with van der Waals surface area (Å²) in [7, 11) is 0. The van der Waals surface area contributed by atoms with Crippen LogP contribution in [0.2, 0.25) is 0 Å². The summed E-state index contributed by atoms with van der Waals surface area (Å²) in [6.45, 7) is 5.15. The average molecular weight is 400 g/mol. The number of nitrogens with zero attached hydrogens (tertiary/aromatic N) is 4. The molecule has 8 heteroatoms. The van der Waals surface area contributed by atoms with Crippen molar-refractivity contribution in [2.24, 2.45) is 0 Å². The van der Waals surface area contributed by atoms with E-state index in [0.29, 0.717) is 50.4 Å². The van der Waals surface area contributed by atoms with Gasteiger partial charge in [0, 0.05) is 52.2 Å². The molecule has 156 valence electrons. The Morgan fingerprint density at radius 3 is 2.31 bits per heavy atom. The highest BCUT2D eigenvalue weighted by Gasteiger charge is 2.25. The molecule has 0 N–H and O–H groups in total. The van der Waals surface area contributed by atoms with Crippen LogP contribution in [0, 0.1) is 0 Å². The third kappa shape index (κ3) is 4.53. The number of para-hydroxylation sites is 2. The fraction of sp³-hybridized carbons (Fsp3) is 0.571. The first-order valence-corrected chi connectivity index (χ1v) is 10.5. The summed E-state index contributed by atoms with van der Waals surface area (Å²) in [5, 5.41) is 0. The number of fused-ring (bicyclic) bond motifs is 1. The zero-order valence-electron chi connectivity index (χ0n) is 16.7. The third-order valence-corrected chi connectivity index (χ3v) is 5.92. The minimum Gasteiger partial charge on any atom is -0.408 e. The van der Waals surface area contributed by atoms with E-state index in [9.17, 15) is 14.4 Å². The van der Waals surface area contributed by atoms with Crippen molar-refractivity contribution >= 4 is 22.9 Å². The van der Waals surface area contributed by atoms with Crippen LogP contribution in [0.15, 0.2) is 33.5 Å². The van der Waals surface area contributed by atoms with Gasteiger partial charge in [-0.05, 0) is 31.4 Å². The summed E-state index contributed by atoms with van der Waals surface area (Å²) in [6, 6.07) is 7.23. The number of piperazine rings is 1. The van der Waals surface area contributed by atoms with Gasteiger partial charge in [0.25, 0.3) is 0 Å². The van der Waals surface area contributed by atoms with E-state index in [1.54, 1.807) is 6.07 Å². The summed E-state index contributed by atoms with van der Waals surface area (Å²) >= 11 is 0. The predicted octanol–water partition coefficient (Wildman–Crippen LogP) is 1.14. The van der Waals surface area contributed by atoms with Crippen molar-refractivity contribution in [1.82, 2.24) is 19.3 Å². The van der Waals surface area contributed by atoms with Crippen LogP contribution in [0.4, 0.5) is 0 Å². The molecule has 0 spiro atoms. The Morgan fingerprint density at radius 1 is 0.862 bits per heavy atom. The molecule has 0 radical (unpaired) electrons. The maximum Gasteiger partial charge on any atom is 0.419 e. The molecule has 2 aliphatic rings. The molecule has 2 fully saturated rings. The highest BCUT2D eigenvalue weighted by atomic mass is 16.4. The van der Waals surface area contributed by atoms with E-state index in [2.05, 4.69) is 4.90 Å². The van der Waals surface area contributed by atoms with Crippen LogP contribution in [-0.4, -0.2) is 76.9 Å². The van der Waals surface area contributed by atoms with E-state index in [1.807, 2.05) is 28.0 Å². The molecule has 0 atom stereocenters. The quantitative estimate of drug-likeness (QED) is 0.752. The zero-order valence-corrected chi connectivity index (χ0v) is 16.7. The third-order valence-electron chi connectivity index (χ3n) is 5.92. The van der Waals surface area contributed by atoms with Crippen molar-refractivity contribution in [2.45, 2.75) is 32.2 Å². The molecule has 4 rings (SSSR count). The van der Waals surface area contributed by atoms with Gasteiger partial charge in [-0.1, -0.05) is 12.1 Å². The Labute approximate surface area is 169 Å². The van der Waals surface area contributed by atoms with Crippen molar-refractivity contribution in [1.29, 1.82) is 0 Å². The lowest BCUT2D eigenvalue weighted by Gasteiger charge is -2.36. The van der Waals surface area contributed by atoms with Gasteiger partial charge in [-0.15, -0.1) is 0 Å². The van der Waals surface area contributed by atoms with Crippen LogP contribution in [0.3, 0.4) is 0 Å². The second-order valence-corrected chi connectivity index (χ2v) is 7.84. The summed E-state index contributed by atoms with van der Waals surface area (Å²) < 4.78 is 6.73. The number of likely N-dealkylation sites (tertiary alicyclic amines) is 1. The van der Waals surface area contributed by atoms with Gasteiger partial charge in [0.15, 0.2) is 5.58 Å². The highest BCUT2D eigenvalue weighted by molar-refractivity contribution is 5.79. The molecule has 2 saturated heterocycles. The fourth-order valence-corrected chi connectivity index (χ4v) is 4.18. The van der Waals surface area contributed by atoms with Crippen molar-refractivity contribution < 1.29 is 14.0 Å². The average Bonchev–Trinajstić information content (AvgIpc) is 3.08. The van der Waals surface area contributed by atoms with Gasteiger partial charge in [-0.3, -0.25) is 19.1 Å². The van der Waals surface area contributed by atoms with E-state index >= 15 is 0 Å². The number of oxazole rings is 1. The molecule has 0 saturated carbocycles. The number of carbonyl (C=O) groups excluding carboxylic acids is 2. The maximum atomic E-state index is 12.6. The molecule has 0 aliphatic carbocycles. The van der Waals surface area contributed by atoms with Gasteiger partial charge in [-0.2, -0.15) is 0 Å². The van der Waals surface area contributed by atoms with E-state index in [4.69, 9.17) is 4.42 Å². The van der Waals surface area contributed by atoms with Gasteiger partial charge in [0.05, 0.1) is 12.1 Å². The minimum atomic E-state index is -0.431. The second kappa shape index (κ2) is 8.82. The molecule has 29 heavy (non-hydrogen) atoms. The van der Waals surface area contributed by atoms with Crippen LogP contribution < -0.4 is 5.76 Å². The molecule has 0 bridgehead atoms. The number of hydrogen-bond acceptors (Lipinski definition) is 5. The van der Waals surface area contributed by atoms with Gasteiger partial charge in [0.1, 0.15) is 0 Å². The first-order chi connectivity index (χ1) is 14.1. The van der Waals surface area contributed by atoms with E-state index in [-0.39, 0.29) is 18.2 Å². The van der Waals surface area contributed by atoms with Crippen LogP contribution in [0.1, 0.15) is 25.7 Å². The monoisotopic (exact) mass is 400 g/mol. The number of piperidine rings is 1. The Hall–Kier alpha value is -2.61. The summed E-state index contributed by atoms with van der Waals surface area (Å²) in [4.78, 5) is 43.0. The lowest BCUT2D eigenvalue weighted by molar-refractivity contribution is -0.135. The summed E-state index contributed by atoms with van der Waals surface area (Å²) in [5.74, 6) is -0.195. The standard InChI is InChI=1S/C21H28N4O4/c26-19(8-11-25-17-6-2-3-7-18(17)29-21(25)28)24-14-12-22(13-15-24)16-20(27)23-9-4-1-5-10-23/h2-3,6-7H,1,4-5,8-16H2. The van der Waals surface area contributed by atoms with Crippen molar-refractivity contribution in [3.05, 3.63) is 34.8 Å². The molecular weight excluding hydrogens is 372 g/mol. The van der Waals surface area contributed by atoms with E-state index < -0.39 is 5.76 Å². The molecule has 1 aromatic carbocycles. The molecule has 2 aliphatic heterocycles. The Bertz CT molecular complexity index is 920. The molecule has 3 heterocycles. The van der Waals surface area contributed by atoms with Crippen LogP contribution in [0.5, 0.6) is 0 Å². The van der Waals surface area contributed by atoms with Crippen LogP contribution in [-0.2, 0) is 16.1 Å². The summed E-state index contributed by atoms with van der Waals surface area (Å²) in [5.41, 5.74) is 1.25. The highest BCUT2D eigenvalue weighted by Crippen LogP contribution is 2.13. The molecule has 1 aromatic heterocycles. The Balaban J connectivity index is 1.25. The summed E-state index contributed by atoms with van der Waals surface area (Å²) in [6.07, 6.45) is 3.67. The SMILES string of the molecule is O=C(CCn1c(=O)oc2ccccc21)N1CCN(CC(=O)N2CCCCC2)CC1. The normalized spacial score (nSPS) is 18.3. The second-order valence-electron chi connectivity index (χ2n) is 7.84. The van der Waals surface area contributed by atoms with E-state index in [0.717, 1.165) is 25.9 Å². The maximum absolute atomic E-state index is 12.6. The van der Waals surface area contributed by atoms with Gasteiger partial charge < -0.3 is 14.2 Å². The minimum absolute atomic E-state index is 0.0317. The lowest BCUT2D eigenvalue weighted by Crippen LogP contribution is -2.52. The van der Waals surface area contributed by atoms with Crippen molar-refractivity contribution in [2.75, 3.05) is 45.8 Å². The van der Waals surface area contributed by atoms with Crippen molar-refractivity contribution in [3.63, 3.8) is 0 Å². The van der Waals surface area contributed by atoms with Crippen molar-refractivity contribution in [3.8, 4) is 0 Å². The Kier molecular flexibility index (Phi) is 5.99. The number of aromatic nitrogens is 1. The first kappa shape index (κ1) is 19.7. The molecule has 2 aromatic rings. The Morgan fingerprint density at radius 2 is 1.55 bits per heavy atom. The number of aryl methyl sites for hydroxylation is 1.